The smallest absolute Gasteiger partial charge is 0.257 e. The third-order valence-corrected chi connectivity index (χ3v) is 3.67. The zero-order valence-electron chi connectivity index (χ0n) is 11.3. The maximum absolute atomic E-state index is 12.6. The second-order valence-corrected chi connectivity index (χ2v) is 4.83. The summed E-state index contributed by atoms with van der Waals surface area (Å²) in [5, 5.41) is 12.2. The number of hydrogen-bond donors (Lipinski definition) is 2. The number of carbonyl (C=O) groups excluding carboxylic acids is 1. The number of likely N-dealkylation sites (tertiary alicyclic amines) is 1. The number of rotatable bonds is 4. The van der Waals surface area contributed by atoms with Gasteiger partial charge in [-0.3, -0.25) is 9.78 Å². The molecule has 0 aromatic carbocycles. The molecule has 2 N–H and O–H groups in total. The Hall–Kier alpha value is -1.62. The number of nitrogens with zero attached hydrogens (tertiary/aromatic N) is 2. The summed E-state index contributed by atoms with van der Waals surface area (Å²) in [6.07, 6.45) is 7.06. The quantitative estimate of drug-likeness (QED) is 0.864. The minimum atomic E-state index is 0.00981. The van der Waals surface area contributed by atoms with Crippen molar-refractivity contribution in [3.8, 4) is 0 Å². The maximum Gasteiger partial charge on any atom is 0.257 e. The Balaban J connectivity index is 2.21. The molecule has 19 heavy (non-hydrogen) atoms. The highest BCUT2D eigenvalue weighted by Gasteiger charge is 2.28. The van der Waals surface area contributed by atoms with Gasteiger partial charge in [-0.05, 0) is 31.7 Å². The van der Waals surface area contributed by atoms with Crippen LogP contribution in [0.5, 0.6) is 0 Å². The van der Waals surface area contributed by atoms with Gasteiger partial charge in [0.2, 0.25) is 0 Å². The van der Waals surface area contributed by atoms with Gasteiger partial charge in [0.25, 0.3) is 5.91 Å². The summed E-state index contributed by atoms with van der Waals surface area (Å²) < 4.78 is 0. The number of nitrogens with one attached hydrogen (secondary N) is 1. The summed E-state index contributed by atoms with van der Waals surface area (Å²) in [5.41, 5.74) is 1.41. The van der Waals surface area contributed by atoms with Crippen LogP contribution in [-0.4, -0.2) is 47.1 Å². The summed E-state index contributed by atoms with van der Waals surface area (Å²) in [6.45, 7) is 0.891. The number of aliphatic hydroxyl groups excluding tert-OH is 1. The summed E-state index contributed by atoms with van der Waals surface area (Å²) in [4.78, 5) is 18.6. The second-order valence-electron chi connectivity index (χ2n) is 4.83. The molecule has 5 heteroatoms. The van der Waals surface area contributed by atoms with E-state index in [1.54, 1.807) is 25.5 Å². The van der Waals surface area contributed by atoms with E-state index in [0.717, 1.165) is 31.5 Å². The van der Waals surface area contributed by atoms with E-state index in [0.29, 0.717) is 12.0 Å². The molecule has 1 fully saturated rings. The number of carbonyl (C=O) groups is 1. The van der Waals surface area contributed by atoms with E-state index in [1.807, 2.05) is 4.90 Å². The van der Waals surface area contributed by atoms with E-state index in [1.165, 1.54) is 0 Å². The van der Waals surface area contributed by atoms with E-state index in [2.05, 4.69) is 10.3 Å². The van der Waals surface area contributed by atoms with Crippen LogP contribution in [0.3, 0.4) is 0 Å². The van der Waals surface area contributed by atoms with E-state index in [4.69, 9.17) is 5.11 Å². The van der Waals surface area contributed by atoms with Crippen LogP contribution < -0.4 is 5.32 Å². The Morgan fingerprint density at radius 3 is 3.16 bits per heavy atom. The molecule has 0 saturated carbocycles. The highest BCUT2D eigenvalue weighted by Crippen LogP contribution is 2.24. The molecule has 1 aliphatic heterocycles. The van der Waals surface area contributed by atoms with Gasteiger partial charge in [-0.2, -0.15) is 0 Å². The normalized spacial score (nSPS) is 19.3. The van der Waals surface area contributed by atoms with Crippen LogP contribution in [0.4, 0.5) is 5.69 Å². The van der Waals surface area contributed by atoms with Gasteiger partial charge in [0.15, 0.2) is 0 Å². The van der Waals surface area contributed by atoms with Crippen LogP contribution in [0, 0.1) is 0 Å². The van der Waals surface area contributed by atoms with Crippen molar-refractivity contribution in [3.05, 3.63) is 24.0 Å². The van der Waals surface area contributed by atoms with Gasteiger partial charge in [0.05, 0.1) is 5.56 Å². The van der Waals surface area contributed by atoms with Gasteiger partial charge in [-0.15, -0.1) is 0 Å². The van der Waals surface area contributed by atoms with Crippen molar-refractivity contribution < 1.29 is 9.90 Å². The third kappa shape index (κ3) is 3.04. The lowest BCUT2D eigenvalue weighted by atomic mass is 9.98. The van der Waals surface area contributed by atoms with Crippen LogP contribution in [0.15, 0.2) is 18.5 Å². The fourth-order valence-electron chi connectivity index (χ4n) is 2.65. The van der Waals surface area contributed by atoms with Gasteiger partial charge in [-0.25, -0.2) is 0 Å². The molecule has 1 unspecified atom stereocenters. The molecule has 1 saturated heterocycles. The fourth-order valence-corrected chi connectivity index (χ4v) is 2.65. The van der Waals surface area contributed by atoms with E-state index in [-0.39, 0.29) is 18.6 Å². The van der Waals surface area contributed by atoms with Crippen LogP contribution in [0.1, 0.15) is 36.0 Å². The molecule has 0 bridgehead atoms. The Morgan fingerprint density at radius 1 is 1.58 bits per heavy atom. The Kier molecular flexibility index (Phi) is 4.74. The molecule has 1 aromatic rings. The van der Waals surface area contributed by atoms with E-state index in [9.17, 15) is 4.79 Å². The molecule has 0 radical (unpaired) electrons. The predicted molar refractivity (Wildman–Crippen MR) is 74.2 cm³/mol. The lowest BCUT2D eigenvalue weighted by molar-refractivity contribution is 0.0575. The molecule has 2 rings (SSSR count). The summed E-state index contributed by atoms with van der Waals surface area (Å²) >= 11 is 0. The van der Waals surface area contributed by atoms with Gasteiger partial charge in [0.1, 0.15) is 0 Å². The molecule has 1 amide bonds. The van der Waals surface area contributed by atoms with Crippen molar-refractivity contribution in [2.75, 3.05) is 25.5 Å². The molecule has 0 aliphatic carbocycles. The molecular weight excluding hydrogens is 242 g/mol. The number of anilines is 1. The van der Waals surface area contributed by atoms with E-state index >= 15 is 0 Å². The lowest BCUT2D eigenvalue weighted by Gasteiger charge is -2.35. The molecule has 0 spiro atoms. The van der Waals surface area contributed by atoms with Gasteiger partial charge in [0, 0.05) is 44.3 Å². The predicted octanol–water partition coefficient (Wildman–Crippen LogP) is 1.50. The zero-order chi connectivity index (χ0) is 13.7. The van der Waals surface area contributed by atoms with Crippen molar-refractivity contribution in [2.45, 2.75) is 31.7 Å². The van der Waals surface area contributed by atoms with Crippen molar-refractivity contribution in [1.29, 1.82) is 0 Å². The topological polar surface area (TPSA) is 65.5 Å². The zero-order valence-corrected chi connectivity index (χ0v) is 11.3. The lowest BCUT2D eigenvalue weighted by Crippen LogP contribution is -2.44. The van der Waals surface area contributed by atoms with E-state index < -0.39 is 0 Å². The van der Waals surface area contributed by atoms with Crippen molar-refractivity contribution >= 4 is 11.6 Å². The van der Waals surface area contributed by atoms with Gasteiger partial charge < -0.3 is 15.3 Å². The number of amides is 1. The molecule has 1 atom stereocenters. The monoisotopic (exact) mass is 263 g/mol. The standard InChI is InChI=1S/C14H21N3O2/c1-15-13-5-7-16-10-12(13)14(19)17-8-3-2-4-11(17)6-9-18/h5,7,10-11,18H,2-4,6,8-9H2,1H3,(H,15,16). The highest BCUT2D eigenvalue weighted by atomic mass is 16.3. The summed E-state index contributed by atoms with van der Waals surface area (Å²) in [6, 6.07) is 1.95. The minimum absolute atomic E-state index is 0.00981. The first-order valence-corrected chi connectivity index (χ1v) is 6.81. The van der Waals surface area contributed by atoms with Crippen molar-refractivity contribution in [3.63, 3.8) is 0 Å². The average Bonchev–Trinajstić information content (AvgIpc) is 2.47. The third-order valence-electron chi connectivity index (χ3n) is 3.67. The number of aromatic nitrogens is 1. The van der Waals surface area contributed by atoms with Crippen LogP contribution in [-0.2, 0) is 0 Å². The Labute approximate surface area is 113 Å². The SMILES string of the molecule is CNc1ccncc1C(=O)N1CCCCC1CCO. The molecule has 2 heterocycles. The van der Waals surface area contributed by atoms with Crippen LogP contribution in [0.2, 0.25) is 0 Å². The molecule has 1 aromatic heterocycles. The molecular formula is C14H21N3O2. The van der Waals surface area contributed by atoms with Crippen LogP contribution in [0.25, 0.3) is 0 Å². The largest absolute Gasteiger partial charge is 0.396 e. The molecule has 5 nitrogen and oxygen atoms in total. The van der Waals surface area contributed by atoms with Crippen molar-refractivity contribution in [2.24, 2.45) is 0 Å². The number of aliphatic hydroxyl groups is 1. The summed E-state index contributed by atoms with van der Waals surface area (Å²) in [7, 11) is 1.80. The highest BCUT2D eigenvalue weighted by molar-refractivity contribution is 5.99. The van der Waals surface area contributed by atoms with Gasteiger partial charge in [-0.1, -0.05) is 0 Å². The fraction of sp³-hybridized carbons (Fsp3) is 0.571. The number of pyridine rings is 1. The van der Waals surface area contributed by atoms with Crippen molar-refractivity contribution in [1.82, 2.24) is 9.88 Å². The Morgan fingerprint density at radius 2 is 2.42 bits per heavy atom. The first kappa shape index (κ1) is 13.8. The first-order chi connectivity index (χ1) is 9.27. The Bertz CT molecular complexity index is 434. The molecule has 1 aliphatic rings. The number of hydrogen-bond acceptors (Lipinski definition) is 4. The van der Waals surface area contributed by atoms with Gasteiger partial charge >= 0.3 is 0 Å². The van der Waals surface area contributed by atoms with Crippen LogP contribution >= 0.6 is 0 Å². The minimum Gasteiger partial charge on any atom is -0.396 e. The first-order valence-electron chi connectivity index (χ1n) is 6.81. The maximum atomic E-state index is 12.6. The number of piperidine rings is 1. The second kappa shape index (κ2) is 6.52. The molecule has 104 valence electrons. The summed E-state index contributed by atoms with van der Waals surface area (Å²) in [5.74, 6) is 0.00981. The average molecular weight is 263 g/mol.